The normalized spacial score (nSPS) is 11.2. The molecule has 0 aliphatic heterocycles. The molecule has 2 rings (SSSR count). The van der Waals surface area contributed by atoms with E-state index in [4.69, 9.17) is 4.74 Å². The molecule has 1 nitrogen and oxygen atoms in total. The van der Waals surface area contributed by atoms with Gasteiger partial charge in [-0.2, -0.15) is 13.2 Å². The lowest BCUT2D eigenvalue weighted by Gasteiger charge is -2.12. The van der Waals surface area contributed by atoms with Gasteiger partial charge in [-0.25, -0.2) is 0 Å². The Kier molecular flexibility index (Phi) is 3.04. The van der Waals surface area contributed by atoms with Crippen LogP contribution in [0.4, 0.5) is 13.2 Å². The lowest BCUT2D eigenvalue weighted by molar-refractivity contribution is -0.138. The standard InChI is InChI=1S/C13H8F3O/c14-13(15,16)11-8-4-5-9-12(11)17-10-6-2-1-3-7-10/h1-6,8-9H. The van der Waals surface area contributed by atoms with E-state index in [2.05, 4.69) is 6.07 Å². The topological polar surface area (TPSA) is 9.23 Å². The van der Waals surface area contributed by atoms with Gasteiger partial charge in [-0.3, -0.25) is 0 Å². The second-order valence-corrected chi connectivity index (χ2v) is 3.32. The fraction of sp³-hybridized carbons (Fsp3) is 0.0769. The second-order valence-electron chi connectivity index (χ2n) is 3.32. The van der Waals surface area contributed by atoms with E-state index in [1.807, 2.05) is 0 Å². The lowest BCUT2D eigenvalue weighted by Crippen LogP contribution is -2.06. The fourth-order valence-electron chi connectivity index (χ4n) is 1.35. The third-order valence-corrected chi connectivity index (χ3v) is 2.09. The largest absolute Gasteiger partial charge is 0.456 e. The van der Waals surface area contributed by atoms with Crippen LogP contribution in [0.25, 0.3) is 0 Å². The van der Waals surface area contributed by atoms with Crippen molar-refractivity contribution in [3.63, 3.8) is 0 Å². The SMILES string of the molecule is FC(F)(F)c1ccccc1Oc1[c]cccc1. The Balaban J connectivity index is 2.34. The first-order valence-electron chi connectivity index (χ1n) is 4.88. The van der Waals surface area contributed by atoms with Gasteiger partial charge in [-0.05, 0) is 18.2 Å². The van der Waals surface area contributed by atoms with E-state index in [9.17, 15) is 13.2 Å². The van der Waals surface area contributed by atoms with E-state index in [1.54, 1.807) is 24.3 Å². The predicted octanol–water partition coefficient (Wildman–Crippen LogP) is 4.30. The monoisotopic (exact) mass is 237 g/mol. The molecule has 0 aliphatic rings. The fourth-order valence-corrected chi connectivity index (χ4v) is 1.35. The molecule has 0 saturated heterocycles. The molecule has 87 valence electrons. The van der Waals surface area contributed by atoms with Crippen molar-refractivity contribution < 1.29 is 17.9 Å². The van der Waals surface area contributed by atoms with Crippen LogP contribution in [0.2, 0.25) is 0 Å². The van der Waals surface area contributed by atoms with Crippen LogP contribution in [-0.2, 0) is 6.18 Å². The van der Waals surface area contributed by atoms with Crippen LogP contribution in [0.1, 0.15) is 5.56 Å². The Labute approximate surface area is 96.5 Å². The summed E-state index contributed by atoms with van der Waals surface area (Å²) in [6.45, 7) is 0. The molecule has 4 heteroatoms. The first-order valence-corrected chi connectivity index (χ1v) is 4.88. The molecule has 0 atom stereocenters. The van der Waals surface area contributed by atoms with Crippen LogP contribution in [0, 0.1) is 6.07 Å². The number of hydrogen-bond acceptors (Lipinski definition) is 1. The average Bonchev–Trinajstić information content (AvgIpc) is 2.30. The van der Waals surface area contributed by atoms with Gasteiger partial charge in [0.15, 0.2) is 0 Å². The van der Waals surface area contributed by atoms with E-state index in [0.717, 1.165) is 6.07 Å². The van der Waals surface area contributed by atoms with Crippen molar-refractivity contribution in [3.05, 3.63) is 60.2 Å². The minimum atomic E-state index is -4.43. The number of ether oxygens (including phenoxy) is 1. The maximum absolute atomic E-state index is 12.7. The second kappa shape index (κ2) is 4.49. The summed E-state index contributed by atoms with van der Waals surface area (Å²) in [5.74, 6) is 0.0339. The minimum absolute atomic E-state index is 0.220. The van der Waals surface area contributed by atoms with Gasteiger partial charge in [0.2, 0.25) is 0 Å². The van der Waals surface area contributed by atoms with Crippen LogP contribution >= 0.6 is 0 Å². The number of rotatable bonds is 2. The summed E-state index contributed by atoms with van der Waals surface area (Å²) in [6, 6.07) is 14.3. The first kappa shape index (κ1) is 11.5. The smallest absolute Gasteiger partial charge is 0.419 e. The van der Waals surface area contributed by atoms with E-state index in [-0.39, 0.29) is 11.5 Å². The maximum Gasteiger partial charge on any atom is 0.419 e. The summed E-state index contributed by atoms with van der Waals surface area (Å²) >= 11 is 0. The molecule has 0 unspecified atom stereocenters. The third kappa shape index (κ3) is 2.78. The summed E-state index contributed by atoms with van der Waals surface area (Å²) in [6.07, 6.45) is -4.43. The zero-order valence-corrected chi connectivity index (χ0v) is 8.66. The predicted molar refractivity (Wildman–Crippen MR) is 56.8 cm³/mol. The molecule has 0 heterocycles. The highest BCUT2D eigenvalue weighted by Gasteiger charge is 2.34. The molecule has 0 bridgehead atoms. The number of halogens is 3. The zero-order valence-electron chi connectivity index (χ0n) is 8.66. The van der Waals surface area contributed by atoms with Crippen LogP contribution in [0.5, 0.6) is 11.5 Å². The van der Waals surface area contributed by atoms with Crippen molar-refractivity contribution in [1.82, 2.24) is 0 Å². The molecule has 2 aromatic rings. The van der Waals surface area contributed by atoms with Crippen molar-refractivity contribution in [1.29, 1.82) is 0 Å². The van der Waals surface area contributed by atoms with Gasteiger partial charge in [0.05, 0.1) is 5.56 Å². The maximum atomic E-state index is 12.7. The molecule has 17 heavy (non-hydrogen) atoms. The van der Waals surface area contributed by atoms with Crippen LogP contribution < -0.4 is 4.74 Å². The molecule has 0 fully saturated rings. The molecule has 0 aromatic heterocycles. The molecule has 1 radical (unpaired) electrons. The molecule has 0 aliphatic carbocycles. The van der Waals surface area contributed by atoms with Gasteiger partial charge in [0.1, 0.15) is 11.5 Å². The number of benzene rings is 2. The highest BCUT2D eigenvalue weighted by Crippen LogP contribution is 2.37. The Morgan fingerprint density at radius 3 is 2.29 bits per heavy atom. The van der Waals surface area contributed by atoms with Gasteiger partial charge in [-0.1, -0.05) is 30.3 Å². The van der Waals surface area contributed by atoms with Gasteiger partial charge in [0, 0.05) is 6.07 Å². The Hall–Kier alpha value is -1.97. The molecule has 0 amide bonds. The zero-order chi connectivity index (χ0) is 12.3. The summed E-state index contributed by atoms with van der Waals surface area (Å²) in [5, 5.41) is 0. The van der Waals surface area contributed by atoms with Crippen LogP contribution in [0.3, 0.4) is 0 Å². The number of alkyl halides is 3. The summed E-state index contributed by atoms with van der Waals surface area (Å²) in [5.41, 5.74) is -0.794. The van der Waals surface area contributed by atoms with E-state index >= 15 is 0 Å². The number of para-hydroxylation sites is 2. The van der Waals surface area contributed by atoms with Crippen molar-refractivity contribution >= 4 is 0 Å². The molecule has 0 N–H and O–H groups in total. The molecular formula is C13H8F3O. The van der Waals surface area contributed by atoms with Crippen LogP contribution in [-0.4, -0.2) is 0 Å². The van der Waals surface area contributed by atoms with Crippen LogP contribution in [0.15, 0.2) is 48.5 Å². The first-order chi connectivity index (χ1) is 8.07. The highest BCUT2D eigenvalue weighted by atomic mass is 19.4. The third-order valence-electron chi connectivity index (χ3n) is 2.09. The molecule has 2 aromatic carbocycles. The Morgan fingerprint density at radius 1 is 0.941 bits per heavy atom. The highest BCUT2D eigenvalue weighted by molar-refractivity contribution is 5.39. The Morgan fingerprint density at radius 2 is 1.65 bits per heavy atom. The van der Waals surface area contributed by atoms with Crippen molar-refractivity contribution in [2.45, 2.75) is 6.18 Å². The minimum Gasteiger partial charge on any atom is -0.456 e. The van der Waals surface area contributed by atoms with Crippen molar-refractivity contribution in [2.24, 2.45) is 0 Å². The van der Waals surface area contributed by atoms with E-state index in [0.29, 0.717) is 0 Å². The summed E-state index contributed by atoms with van der Waals surface area (Å²) in [7, 11) is 0. The van der Waals surface area contributed by atoms with Gasteiger partial charge in [0.25, 0.3) is 0 Å². The average molecular weight is 237 g/mol. The van der Waals surface area contributed by atoms with Gasteiger partial charge in [-0.15, -0.1) is 0 Å². The van der Waals surface area contributed by atoms with E-state index < -0.39 is 11.7 Å². The molecular weight excluding hydrogens is 229 g/mol. The quantitative estimate of drug-likeness (QED) is 0.756. The van der Waals surface area contributed by atoms with Gasteiger partial charge >= 0.3 is 6.18 Å². The number of hydrogen-bond donors (Lipinski definition) is 0. The van der Waals surface area contributed by atoms with Gasteiger partial charge < -0.3 is 4.74 Å². The van der Waals surface area contributed by atoms with Crippen molar-refractivity contribution in [3.8, 4) is 11.5 Å². The Bertz CT molecular complexity index is 492. The van der Waals surface area contributed by atoms with Crippen molar-refractivity contribution in [2.75, 3.05) is 0 Å². The summed E-state index contributed by atoms with van der Waals surface area (Å²) < 4.78 is 43.1. The lowest BCUT2D eigenvalue weighted by atomic mass is 10.2. The molecule has 0 saturated carbocycles. The van der Waals surface area contributed by atoms with E-state index in [1.165, 1.54) is 18.2 Å². The summed E-state index contributed by atoms with van der Waals surface area (Å²) in [4.78, 5) is 0. The molecule has 0 spiro atoms.